The molecular formula is C16H24N2O4. The number of anilines is 1. The highest BCUT2D eigenvalue weighted by atomic mass is 16.6. The summed E-state index contributed by atoms with van der Waals surface area (Å²) in [7, 11) is 0. The number of hydrogen-bond acceptors (Lipinski definition) is 4. The lowest BCUT2D eigenvalue weighted by molar-refractivity contribution is -0.139. The summed E-state index contributed by atoms with van der Waals surface area (Å²) in [4.78, 5) is 22.8. The van der Waals surface area contributed by atoms with E-state index in [1.54, 1.807) is 20.8 Å². The van der Waals surface area contributed by atoms with E-state index in [4.69, 9.17) is 15.6 Å². The number of carbonyl (C=O) groups is 2. The number of alkyl carbamates (subject to hydrolysis) is 1. The van der Waals surface area contributed by atoms with E-state index in [0.717, 1.165) is 12.0 Å². The van der Waals surface area contributed by atoms with Gasteiger partial charge in [-0.2, -0.15) is 0 Å². The minimum absolute atomic E-state index is 0.332. The number of carboxylic acids is 1. The lowest BCUT2D eigenvalue weighted by Gasteiger charge is -2.22. The highest BCUT2D eigenvalue weighted by Gasteiger charge is 2.23. The fourth-order valence-corrected chi connectivity index (χ4v) is 1.90. The van der Waals surface area contributed by atoms with Crippen LogP contribution in [0.1, 0.15) is 39.2 Å². The molecule has 0 saturated heterocycles. The maximum absolute atomic E-state index is 11.6. The van der Waals surface area contributed by atoms with Crippen LogP contribution in [0.3, 0.4) is 0 Å². The van der Waals surface area contributed by atoms with Crippen molar-refractivity contribution in [3.63, 3.8) is 0 Å². The van der Waals surface area contributed by atoms with E-state index in [-0.39, 0.29) is 0 Å². The van der Waals surface area contributed by atoms with Crippen LogP contribution < -0.4 is 11.1 Å². The van der Waals surface area contributed by atoms with Crippen molar-refractivity contribution in [2.75, 3.05) is 5.73 Å². The van der Waals surface area contributed by atoms with Gasteiger partial charge in [-0.25, -0.2) is 9.59 Å². The highest BCUT2D eigenvalue weighted by Crippen LogP contribution is 2.11. The van der Waals surface area contributed by atoms with Crippen molar-refractivity contribution in [3.8, 4) is 0 Å². The number of aliphatic carboxylic acids is 1. The lowest BCUT2D eigenvalue weighted by atomic mass is 10.0. The molecule has 6 nitrogen and oxygen atoms in total. The van der Waals surface area contributed by atoms with Gasteiger partial charge in [0.25, 0.3) is 0 Å². The number of nitrogen functional groups attached to an aromatic ring is 1. The fraction of sp³-hybridized carbons (Fsp3) is 0.500. The lowest BCUT2D eigenvalue weighted by Crippen LogP contribution is -2.43. The predicted molar refractivity (Wildman–Crippen MR) is 84.6 cm³/mol. The molecule has 1 rings (SSSR count). The van der Waals surface area contributed by atoms with Gasteiger partial charge in [-0.3, -0.25) is 0 Å². The van der Waals surface area contributed by atoms with Gasteiger partial charge in [-0.1, -0.05) is 12.1 Å². The van der Waals surface area contributed by atoms with E-state index >= 15 is 0 Å². The Balaban J connectivity index is 2.46. The van der Waals surface area contributed by atoms with Crippen LogP contribution in [0.25, 0.3) is 0 Å². The predicted octanol–water partition coefficient (Wildman–Crippen LogP) is 2.57. The monoisotopic (exact) mass is 308 g/mol. The summed E-state index contributed by atoms with van der Waals surface area (Å²) in [6.07, 6.45) is 0.975. The van der Waals surface area contributed by atoms with Crippen LogP contribution >= 0.6 is 0 Å². The van der Waals surface area contributed by atoms with Crippen LogP contribution in [0, 0.1) is 0 Å². The number of carbonyl (C=O) groups excluding carboxylic acids is 1. The zero-order valence-electron chi connectivity index (χ0n) is 13.3. The van der Waals surface area contributed by atoms with Gasteiger partial charge in [-0.05, 0) is 57.7 Å². The molecule has 6 heteroatoms. The van der Waals surface area contributed by atoms with Crippen molar-refractivity contribution in [2.24, 2.45) is 0 Å². The molecule has 0 radical (unpaired) electrons. The summed E-state index contributed by atoms with van der Waals surface area (Å²) in [6, 6.07) is 6.48. The molecule has 122 valence electrons. The summed E-state index contributed by atoms with van der Waals surface area (Å²) in [5, 5.41) is 11.6. The van der Waals surface area contributed by atoms with E-state index in [9.17, 15) is 9.59 Å². The maximum Gasteiger partial charge on any atom is 0.408 e. The number of amides is 1. The van der Waals surface area contributed by atoms with Gasteiger partial charge in [0.15, 0.2) is 0 Å². The van der Waals surface area contributed by atoms with Gasteiger partial charge in [0.1, 0.15) is 11.6 Å². The Morgan fingerprint density at radius 3 is 2.36 bits per heavy atom. The van der Waals surface area contributed by atoms with Gasteiger partial charge < -0.3 is 20.9 Å². The number of aryl methyl sites for hydroxylation is 1. The molecule has 22 heavy (non-hydrogen) atoms. The molecule has 0 aliphatic heterocycles. The zero-order chi connectivity index (χ0) is 16.8. The Morgan fingerprint density at radius 1 is 1.27 bits per heavy atom. The van der Waals surface area contributed by atoms with Crippen molar-refractivity contribution in [2.45, 2.75) is 51.7 Å². The van der Waals surface area contributed by atoms with E-state index in [2.05, 4.69) is 5.32 Å². The van der Waals surface area contributed by atoms with Crippen LogP contribution in [-0.2, 0) is 16.0 Å². The third-order valence-corrected chi connectivity index (χ3v) is 2.93. The molecular weight excluding hydrogens is 284 g/mol. The number of hydrogen-bond donors (Lipinski definition) is 3. The van der Waals surface area contributed by atoms with Crippen molar-refractivity contribution in [1.82, 2.24) is 5.32 Å². The standard InChI is InChI=1S/C16H24N2O4/c1-16(2,3)22-15(21)18-13(14(19)20)6-4-5-11-7-9-12(17)10-8-11/h7-10,13H,4-6,17H2,1-3H3,(H,18,21)(H,19,20). The average Bonchev–Trinajstić information content (AvgIpc) is 2.37. The summed E-state index contributed by atoms with van der Waals surface area (Å²) in [5.41, 5.74) is 6.73. The first-order valence-electron chi connectivity index (χ1n) is 7.24. The van der Waals surface area contributed by atoms with Crippen molar-refractivity contribution >= 4 is 17.7 Å². The molecule has 0 heterocycles. The molecule has 1 unspecified atom stereocenters. The molecule has 0 aromatic heterocycles. The van der Waals surface area contributed by atoms with Gasteiger partial charge in [-0.15, -0.1) is 0 Å². The van der Waals surface area contributed by atoms with Crippen molar-refractivity contribution < 1.29 is 19.4 Å². The number of benzene rings is 1. The second kappa shape index (κ2) is 7.68. The van der Waals surface area contributed by atoms with E-state index in [1.807, 2.05) is 24.3 Å². The van der Waals surface area contributed by atoms with Gasteiger partial charge >= 0.3 is 12.1 Å². The van der Waals surface area contributed by atoms with Crippen LogP contribution in [0.2, 0.25) is 0 Å². The van der Waals surface area contributed by atoms with Gasteiger partial charge in [0.05, 0.1) is 0 Å². The molecule has 0 spiro atoms. The zero-order valence-corrected chi connectivity index (χ0v) is 13.3. The minimum Gasteiger partial charge on any atom is -0.480 e. The number of carboxylic acid groups (broad SMARTS) is 1. The number of ether oxygens (including phenoxy) is 1. The molecule has 0 aliphatic carbocycles. The Labute approximate surface area is 130 Å². The normalized spacial score (nSPS) is 12.5. The van der Waals surface area contributed by atoms with Gasteiger partial charge in [0, 0.05) is 5.69 Å². The quantitative estimate of drug-likeness (QED) is 0.701. The van der Waals surface area contributed by atoms with Gasteiger partial charge in [0.2, 0.25) is 0 Å². The van der Waals surface area contributed by atoms with E-state index < -0.39 is 23.7 Å². The van der Waals surface area contributed by atoms with Crippen LogP contribution in [0.4, 0.5) is 10.5 Å². The molecule has 1 atom stereocenters. The highest BCUT2D eigenvalue weighted by molar-refractivity contribution is 5.79. The Morgan fingerprint density at radius 2 is 1.86 bits per heavy atom. The molecule has 0 bridgehead atoms. The SMILES string of the molecule is CC(C)(C)OC(=O)NC(CCCc1ccc(N)cc1)C(=O)O. The average molecular weight is 308 g/mol. The molecule has 1 aromatic carbocycles. The van der Waals surface area contributed by atoms with Crippen LogP contribution in [0.5, 0.6) is 0 Å². The molecule has 0 fully saturated rings. The first-order chi connectivity index (χ1) is 10.2. The molecule has 1 aromatic rings. The number of nitrogens with two attached hydrogens (primary N) is 1. The first-order valence-corrected chi connectivity index (χ1v) is 7.24. The summed E-state index contributed by atoms with van der Waals surface area (Å²) in [5.74, 6) is -1.07. The number of rotatable bonds is 6. The summed E-state index contributed by atoms with van der Waals surface area (Å²) < 4.78 is 5.07. The van der Waals surface area contributed by atoms with Crippen molar-refractivity contribution in [3.05, 3.63) is 29.8 Å². The van der Waals surface area contributed by atoms with Crippen molar-refractivity contribution in [1.29, 1.82) is 0 Å². The molecule has 0 aliphatic rings. The second-order valence-electron chi connectivity index (χ2n) is 6.17. The topological polar surface area (TPSA) is 102 Å². The third kappa shape index (κ3) is 6.97. The first kappa shape index (κ1) is 17.8. The Hall–Kier alpha value is -2.24. The maximum atomic E-state index is 11.6. The summed E-state index contributed by atoms with van der Waals surface area (Å²) >= 11 is 0. The number of nitrogens with one attached hydrogen (secondary N) is 1. The largest absolute Gasteiger partial charge is 0.480 e. The van der Waals surface area contributed by atoms with E-state index in [0.29, 0.717) is 18.5 Å². The van der Waals surface area contributed by atoms with Crippen LogP contribution in [0.15, 0.2) is 24.3 Å². The molecule has 4 N–H and O–H groups in total. The smallest absolute Gasteiger partial charge is 0.408 e. The van der Waals surface area contributed by atoms with E-state index in [1.165, 1.54) is 0 Å². The summed E-state index contributed by atoms with van der Waals surface area (Å²) in [6.45, 7) is 5.18. The van der Waals surface area contributed by atoms with Crippen LogP contribution in [-0.4, -0.2) is 28.8 Å². The Kier molecular flexibility index (Phi) is 6.22. The molecule has 0 saturated carbocycles. The second-order valence-corrected chi connectivity index (χ2v) is 6.17. The Bertz CT molecular complexity index is 506. The third-order valence-electron chi connectivity index (χ3n) is 2.93. The minimum atomic E-state index is -1.07. The fourth-order valence-electron chi connectivity index (χ4n) is 1.90. The molecule has 1 amide bonds.